The highest BCUT2D eigenvalue weighted by Crippen LogP contribution is 2.28. The third kappa shape index (κ3) is 4.05. The number of fused-ring (bicyclic) bond motifs is 1. The first kappa shape index (κ1) is 17.4. The van der Waals surface area contributed by atoms with Gasteiger partial charge in [0.05, 0.1) is 0 Å². The number of hydrogen-bond donors (Lipinski definition) is 1. The number of amides is 2. The molecule has 0 aliphatic carbocycles. The van der Waals surface area contributed by atoms with Gasteiger partial charge in [-0.05, 0) is 35.7 Å². The van der Waals surface area contributed by atoms with E-state index in [0.717, 1.165) is 36.4 Å². The molecule has 2 aromatic rings. The second-order valence-electron chi connectivity index (χ2n) is 6.90. The summed E-state index contributed by atoms with van der Waals surface area (Å²) in [6.07, 6.45) is 1.06. The van der Waals surface area contributed by atoms with Crippen molar-refractivity contribution in [2.45, 2.75) is 19.4 Å². The normalized spacial score (nSPS) is 16.5. The molecule has 0 unspecified atom stereocenters. The molecule has 0 aromatic heterocycles. The maximum Gasteiger partial charge on any atom is 0.410 e. The summed E-state index contributed by atoms with van der Waals surface area (Å²) in [5, 5.41) is 2.91. The fraction of sp³-hybridized carbons (Fsp3) is 0.333. The predicted octanol–water partition coefficient (Wildman–Crippen LogP) is 3.03. The van der Waals surface area contributed by atoms with Gasteiger partial charge < -0.3 is 19.9 Å². The van der Waals surface area contributed by atoms with Crippen LogP contribution >= 0.6 is 0 Å². The third-order valence-electron chi connectivity index (χ3n) is 5.09. The van der Waals surface area contributed by atoms with Crippen LogP contribution in [0.5, 0.6) is 0 Å². The lowest BCUT2D eigenvalue weighted by Crippen LogP contribution is -2.49. The van der Waals surface area contributed by atoms with Crippen LogP contribution in [-0.4, -0.2) is 43.1 Å². The molecule has 2 aliphatic rings. The van der Waals surface area contributed by atoms with E-state index in [-0.39, 0.29) is 12.0 Å². The summed E-state index contributed by atoms with van der Waals surface area (Å²) in [7, 11) is 0. The zero-order chi connectivity index (χ0) is 18.6. The molecule has 2 heterocycles. The van der Waals surface area contributed by atoms with Crippen LogP contribution in [0.15, 0.2) is 48.5 Å². The summed E-state index contributed by atoms with van der Waals surface area (Å²) in [5.41, 5.74) is 4.22. The first-order valence-electron chi connectivity index (χ1n) is 9.32. The number of aryl methyl sites for hydroxylation is 1. The number of hydrogen-bond acceptors (Lipinski definition) is 4. The number of benzene rings is 2. The molecule has 1 saturated heterocycles. The van der Waals surface area contributed by atoms with Crippen molar-refractivity contribution in [2.24, 2.45) is 0 Å². The smallest absolute Gasteiger partial charge is 0.410 e. The first-order chi connectivity index (χ1) is 13.2. The Labute approximate surface area is 158 Å². The molecule has 2 aliphatic heterocycles. The van der Waals surface area contributed by atoms with Gasteiger partial charge in [-0.15, -0.1) is 0 Å². The molecule has 2 amide bonds. The number of nitrogens with zero attached hydrogens (tertiary/aromatic N) is 2. The Kier molecular flexibility index (Phi) is 4.96. The van der Waals surface area contributed by atoms with Crippen LogP contribution in [0.3, 0.4) is 0 Å². The Balaban J connectivity index is 1.31. The van der Waals surface area contributed by atoms with Gasteiger partial charge in [-0.1, -0.05) is 30.3 Å². The summed E-state index contributed by atoms with van der Waals surface area (Å²) in [5.74, 6) is 0.0814. The van der Waals surface area contributed by atoms with E-state index in [4.69, 9.17) is 4.74 Å². The largest absolute Gasteiger partial charge is 0.445 e. The average Bonchev–Trinajstić information content (AvgIpc) is 2.72. The number of nitrogens with one attached hydrogen (secondary N) is 1. The molecule has 0 radical (unpaired) electrons. The topological polar surface area (TPSA) is 61.9 Å². The molecule has 0 atom stereocenters. The van der Waals surface area contributed by atoms with Gasteiger partial charge >= 0.3 is 6.09 Å². The van der Waals surface area contributed by atoms with Crippen LogP contribution in [0.25, 0.3) is 0 Å². The van der Waals surface area contributed by atoms with Crippen molar-refractivity contribution < 1.29 is 14.3 Å². The fourth-order valence-electron chi connectivity index (χ4n) is 3.52. The lowest BCUT2D eigenvalue weighted by Gasteiger charge is -2.36. The van der Waals surface area contributed by atoms with Crippen molar-refractivity contribution in [2.75, 3.05) is 36.4 Å². The van der Waals surface area contributed by atoms with Gasteiger partial charge in [-0.25, -0.2) is 4.79 Å². The molecular formula is C21H23N3O3. The number of piperazine rings is 1. The molecule has 0 saturated carbocycles. The molecule has 0 spiro atoms. The fourth-order valence-corrected chi connectivity index (χ4v) is 3.52. The van der Waals surface area contributed by atoms with Crippen molar-refractivity contribution in [3.05, 3.63) is 59.7 Å². The van der Waals surface area contributed by atoms with E-state index in [2.05, 4.69) is 16.3 Å². The molecule has 6 heteroatoms. The Hall–Kier alpha value is -3.02. The molecule has 1 fully saturated rings. The molecule has 140 valence electrons. The molecule has 1 N–H and O–H groups in total. The third-order valence-corrected chi connectivity index (χ3v) is 5.09. The summed E-state index contributed by atoms with van der Waals surface area (Å²) < 4.78 is 5.42. The Bertz CT molecular complexity index is 830. The van der Waals surface area contributed by atoms with E-state index >= 15 is 0 Å². The SMILES string of the molecule is O=C1CCc2cc(N3CCN(C(=O)OCc4ccccc4)CC3)ccc2N1. The van der Waals surface area contributed by atoms with Gasteiger partial charge in [0.1, 0.15) is 6.61 Å². The summed E-state index contributed by atoms with van der Waals surface area (Å²) >= 11 is 0. The first-order valence-corrected chi connectivity index (χ1v) is 9.32. The Morgan fingerprint density at radius 1 is 1.00 bits per heavy atom. The highest BCUT2D eigenvalue weighted by atomic mass is 16.6. The van der Waals surface area contributed by atoms with E-state index < -0.39 is 0 Å². The van der Waals surface area contributed by atoms with Gasteiger partial charge in [0, 0.05) is 44.0 Å². The van der Waals surface area contributed by atoms with Crippen LogP contribution in [-0.2, 0) is 22.6 Å². The van der Waals surface area contributed by atoms with Crippen molar-refractivity contribution >= 4 is 23.4 Å². The summed E-state index contributed by atoms with van der Waals surface area (Å²) in [4.78, 5) is 27.8. The summed E-state index contributed by atoms with van der Waals surface area (Å²) in [6, 6.07) is 15.9. The Morgan fingerprint density at radius 2 is 1.78 bits per heavy atom. The van der Waals surface area contributed by atoms with Crippen LogP contribution in [0.1, 0.15) is 17.5 Å². The predicted molar refractivity (Wildman–Crippen MR) is 104 cm³/mol. The monoisotopic (exact) mass is 365 g/mol. The van der Waals surface area contributed by atoms with Crippen LogP contribution in [0, 0.1) is 0 Å². The minimum Gasteiger partial charge on any atom is -0.445 e. The molecule has 27 heavy (non-hydrogen) atoms. The Morgan fingerprint density at radius 3 is 2.56 bits per heavy atom. The average molecular weight is 365 g/mol. The summed E-state index contributed by atoms with van der Waals surface area (Å²) in [6.45, 7) is 3.12. The zero-order valence-corrected chi connectivity index (χ0v) is 15.2. The van der Waals surface area contributed by atoms with Crippen molar-refractivity contribution in [3.63, 3.8) is 0 Å². The van der Waals surface area contributed by atoms with Crippen LogP contribution in [0.2, 0.25) is 0 Å². The minimum absolute atomic E-state index is 0.0814. The molecule has 0 bridgehead atoms. The highest BCUT2D eigenvalue weighted by Gasteiger charge is 2.23. The molecule has 2 aromatic carbocycles. The number of carbonyl (C=O) groups is 2. The standard InChI is InChI=1S/C21H23N3O3/c25-20-9-6-17-14-18(7-8-19(17)22-20)23-10-12-24(13-11-23)21(26)27-15-16-4-2-1-3-5-16/h1-5,7-8,14H,6,9-13,15H2,(H,22,25). The van der Waals surface area contributed by atoms with Gasteiger partial charge in [0.15, 0.2) is 0 Å². The lowest BCUT2D eigenvalue weighted by atomic mass is 10.0. The number of anilines is 2. The van der Waals surface area contributed by atoms with Gasteiger partial charge in [-0.2, -0.15) is 0 Å². The number of ether oxygens (including phenoxy) is 1. The van der Waals surface area contributed by atoms with Crippen molar-refractivity contribution in [1.82, 2.24) is 4.90 Å². The second kappa shape index (κ2) is 7.70. The van der Waals surface area contributed by atoms with Gasteiger partial charge in [0.25, 0.3) is 0 Å². The maximum absolute atomic E-state index is 12.3. The number of rotatable bonds is 3. The van der Waals surface area contributed by atoms with E-state index in [0.29, 0.717) is 26.1 Å². The quantitative estimate of drug-likeness (QED) is 0.908. The van der Waals surface area contributed by atoms with Gasteiger partial charge in [-0.3, -0.25) is 4.79 Å². The van der Waals surface area contributed by atoms with Crippen LogP contribution in [0.4, 0.5) is 16.2 Å². The number of carbonyl (C=O) groups excluding carboxylic acids is 2. The van der Waals surface area contributed by atoms with Crippen molar-refractivity contribution in [1.29, 1.82) is 0 Å². The highest BCUT2D eigenvalue weighted by molar-refractivity contribution is 5.94. The van der Waals surface area contributed by atoms with Gasteiger partial charge in [0.2, 0.25) is 5.91 Å². The van der Waals surface area contributed by atoms with E-state index in [1.165, 1.54) is 5.56 Å². The molecular weight excluding hydrogens is 342 g/mol. The van der Waals surface area contributed by atoms with E-state index in [1.54, 1.807) is 4.90 Å². The van der Waals surface area contributed by atoms with Crippen molar-refractivity contribution in [3.8, 4) is 0 Å². The molecule has 4 rings (SSSR count). The zero-order valence-electron chi connectivity index (χ0n) is 15.2. The lowest BCUT2D eigenvalue weighted by molar-refractivity contribution is -0.116. The second-order valence-corrected chi connectivity index (χ2v) is 6.90. The minimum atomic E-state index is -0.258. The van der Waals surface area contributed by atoms with E-state index in [1.807, 2.05) is 42.5 Å². The van der Waals surface area contributed by atoms with E-state index in [9.17, 15) is 9.59 Å². The molecule has 6 nitrogen and oxygen atoms in total. The maximum atomic E-state index is 12.3. The van der Waals surface area contributed by atoms with Crippen LogP contribution < -0.4 is 10.2 Å².